The van der Waals surface area contributed by atoms with Crippen LogP contribution in [0.3, 0.4) is 0 Å². The molecule has 0 amide bonds. The third-order valence-corrected chi connectivity index (χ3v) is 4.48. The van der Waals surface area contributed by atoms with Gasteiger partial charge in [0.25, 0.3) is 0 Å². The Balaban J connectivity index is 2.06. The Labute approximate surface area is 129 Å². The number of esters is 1. The van der Waals surface area contributed by atoms with Crippen LogP contribution in [0.4, 0.5) is 0 Å². The lowest BCUT2D eigenvalue weighted by Gasteiger charge is -2.26. The summed E-state index contributed by atoms with van der Waals surface area (Å²) in [5.74, 6) is -0.247. The highest BCUT2D eigenvalue weighted by molar-refractivity contribution is 5.97. The van der Waals surface area contributed by atoms with Gasteiger partial charge in [0.1, 0.15) is 0 Å². The molecule has 1 atom stereocenters. The van der Waals surface area contributed by atoms with Crippen molar-refractivity contribution in [3.63, 3.8) is 0 Å². The molecule has 0 aliphatic carbocycles. The predicted octanol–water partition coefficient (Wildman–Crippen LogP) is 4.58. The average molecular weight is 288 g/mol. The molecule has 3 aromatic rings. The summed E-state index contributed by atoms with van der Waals surface area (Å²) in [6.45, 7) is 4.06. The zero-order valence-corrected chi connectivity index (χ0v) is 12.6. The first-order chi connectivity index (χ1) is 10.6. The van der Waals surface area contributed by atoms with E-state index >= 15 is 0 Å². The van der Waals surface area contributed by atoms with Gasteiger partial charge in [0.2, 0.25) is 0 Å². The molecule has 0 N–H and O–H groups in total. The molecule has 4 rings (SSSR count). The maximum absolute atomic E-state index is 12.3. The number of hydrogen-bond donors (Lipinski definition) is 0. The van der Waals surface area contributed by atoms with Gasteiger partial charge >= 0.3 is 5.97 Å². The van der Waals surface area contributed by atoms with Crippen molar-refractivity contribution in [3.05, 3.63) is 82.9 Å². The van der Waals surface area contributed by atoms with E-state index in [1.165, 1.54) is 5.39 Å². The molecule has 0 fully saturated rings. The number of carbonyl (C=O) groups is 1. The molecule has 0 bridgehead atoms. The van der Waals surface area contributed by atoms with E-state index in [1.807, 2.05) is 43.3 Å². The number of cyclic esters (lactones) is 1. The number of benzene rings is 3. The van der Waals surface area contributed by atoms with Crippen LogP contribution in [0, 0.1) is 6.92 Å². The maximum Gasteiger partial charge on any atom is 0.339 e. The minimum atomic E-state index is -0.737. The van der Waals surface area contributed by atoms with Crippen LogP contribution in [0.25, 0.3) is 10.8 Å². The van der Waals surface area contributed by atoms with Gasteiger partial charge in [-0.2, -0.15) is 0 Å². The molecule has 1 aliphatic rings. The first-order valence-corrected chi connectivity index (χ1v) is 7.42. The SMILES string of the molecule is Cc1cc([C@@]2(C)OC(=O)c3ccccc32)c2ccccc2c1. The Hall–Kier alpha value is -2.61. The first-order valence-electron chi connectivity index (χ1n) is 7.42. The topological polar surface area (TPSA) is 26.3 Å². The number of hydrogen-bond acceptors (Lipinski definition) is 2. The van der Waals surface area contributed by atoms with Gasteiger partial charge in [-0.3, -0.25) is 0 Å². The Morgan fingerprint density at radius 1 is 0.909 bits per heavy atom. The van der Waals surface area contributed by atoms with Gasteiger partial charge in [-0.15, -0.1) is 0 Å². The van der Waals surface area contributed by atoms with E-state index < -0.39 is 5.60 Å². The summed E-state index contributed by atoms with van der Waals surface area (Å²) in [7, 11) is 0. The van der Waals surface area contributed by atoms with Crippen molar-refractivity contribution in [2.45, 2.75) is 19.4 Å². The lowest BCUT2D eigenvalue weighted by atomic mass is 9.83. The minimum absolute atomic E-state index is 0.247. The third kappa shape index (κ3) is 1.70. The van der Waals surface area contributed by atoms with Crippen molar-refractivity contribution in [3.8, 4) is 0 Å². The van der Waals surface area contributed by atoms with E-state index in [4.69, 9.17) is 4.74 Å². The average Bonchev–Trinajstić information content (AvgIpc) is 2.79. The van der Waals surface area contributed by atoms with E-state index in [1.54, 1.807) is 0 Å². The molecule has 0 saturated heterocycles. The van der Waals surface area contributed by atoms with E-state index in [2.05, 4.69) is 31.2 Å². The summed E-state index contributed by atoms with van der Waals surface area (Å²) in [5, 5.41) is 2.29. The van der Waals surface area contributed by atoms with Gasteiger partial charge in [-0.1, -0.05) is 60.2 Å². The standard InChI is InChI=1S/C20H16O2/c1-13-11-14-7-3-4-8-15(14)18(12-13)20(2)17-10-6-5-9-16(17)19(21)22-20/h3-12H,1-2H3/t20-/m0/s1. The minimum Gasteiger partial charge on any atom is -0.446 e. The highest BCUT2D eigenvalue weighted by Gasteiger charge is 2.43. The van der Waals surface area contributed by atoms with Gasteiger partial charge in [0.05, 0.1) is 5.56 Å². The van der Waals surface area contributed by atoms with Crippen molar-refractivity contribution < 1.29 is 9.53 Å². The number of aryl methyl sites for hydroxylation is 1. The quantitative estimate of drug-likeness (QED) is 0.612. The van der Waals surface area contributed by atoms with Gasteiger partial charge in [-0.05, 0) is 30.7 Å². The van der Waals surface area contributed by atoms with Crippen molar-refractivity contribution in [2.24, 2.45) is 0 Å². The molecule has 0 saturated carbocycles. The molecule has 3 aromatic carbocycles. The van der Waals surface area contributed by atoms with Crippen LogP contribution in [-0.4, -0.2) is 5.97 Å². The van der Waals surface area contributed by atoms with E-state index in [9.17, 15) is 4.79 Å². The largest absolute Gasteiger partial charge is 0.446 e. The molecule has 1 aliphatic heterocycles. The fraction of sp³-hybridized carbons (Fsp3) is 0.150. The molecule has 0 radical (unpaired) electrons. The smallest absolute Gasteiger partial charge is 0.339 e. The monoisotopic (exact) mass is 288 g/mol. The van der Waals surface area contributed by atoms with Crippen LogP contribution >= 0.6 is 0 Å². The van der Waals surface area contributed by atoms with Gasteiger partial charge < -0.3 is 4.74 Å². The highest BCUT2D eigenvalue weighted by atomic mass is 16.6. The fourth-order valence-electron chi connectivity index (χ4n) is 3.43. The fourth-order valence-corrected chi connectivity index (χ4v) is 3.43. The van der Waals surface area contributed by atoms with E-state index in [0.29, 0.717) is 5.56 Å². The van der Waals surface area contributed by atoms with Crippen LogP contribution in [0.5, 0.6) is 0 Å². The maximum atomic E-state index is 12.3. The zero-order chi connectivity index (χ0) is 15.3. The summed E-state index contributed by atoms with van der Waals surface area (Å²) >= 11 is 0. The Bertz CT molecular complexity index is 910. The zero-order valence-electron chi connectivity index (χ0n) is 12.6. The molecule has 108 valence electrons. The number of carbonyl (C=O) groups excluding carboxylic acids is 1. The van der Waals surface area contributed by atoms with Crippen LogP contribution in [0.2, 0.25) is 0 Å². The number of fused-ring (bicyclic) bond motifs is 2. The lowest BCUT2D eigenvalue weighted by molar-refractivity contribution is 0.0185. The third-order valence-electron chi connectivity index (χ3n) is 4.48. The number of ether oxygens (including phenoxy) is 1. The van der Waals surface area contributed by atoms with Crippen molar-refractivity contribution in [1.82, 2.24) is 0 Å². The summed E-state index contributed by atoms with van der Waals surface area (Å²) in [5.41, 5.74) is 3.07. The van der Waals surface area contributed by atoms with Gasteiger partial charge in [-0.25, -0.2) is 4.79 Å². The molecule has 2 heteroatoms. The summed E-state index contributed by atoms with van der Waals surface area (Å²) < 4.78 is 5.83. The lowest BCUT2D eigenvalue weighted by Crippen LogP contribution is -2.24. The van der Waals surface area contributed by atoms with Crippen LogP contribution in [0.1, 0.15) is 34.0 Å². The van der Waals surface area contributed by atoms with Gasteiger partial charge in [0.15, 0.2) is 5.60 Å². The van der Waals surface area contributed by atoms with Crippen molar-refractivity contribution >= 4 is 16.7 Å². The Morgan fingerprint density at radius 3 is 2.50 bits per heavy atom. The number of rotatable bonds is 1. The molecule has 0 unspecified atom stereocenters. The first kappa shape index (κ1) is 13.1. The summed E-state index contributed by atoms with van der Waals surface area (Å²) in [6, 6.07) is 20.2. The van der Waals surface area contributed by atoms with Crippen LogP contribution < -0.4 is 0 Å². The van der Waals surface area contributed by atoms with Gasteiger partial charge in [0, 0.05) is 11.1 Å². The Morgan fingerprint density at radius 2 is 1.64 bits per heavy atom. The second-order valence-corrected chi connectivity index (χ2v) is 6.00. The summed E-state index contributed by atoms with van der Waals surface area (Å²) in [6.07, 6.45) is 0. The van der Waals surface area contributed by atoms with E-state index in [-0.39, 0.29) is 5.97 Å². The van der Waals surface area contributed by atoms with Crippen LogP contribution in [0.15, 0.2) is 60.7 Å². The molecular weight excluding hydrogens is 272 g/mol. The Kier molecular flexibility index (Phi) is 2.64. The molecule has 0 spiro atoms. The molecule has 1 heterocycles. The molecule has 2 nitrogen and oxygen atoms in total. The van der Waals surface area contributed by atoms with E-state index in [0.717, 1.165) is 22.1 Å². The molecular formula is C20H16O2. The molecule has 0 aromatic heterocycles. The predicted molar refractivity (Wildman–Crippen MR) is 87.0 cm³/mol. The van der Waals surface area contributed by atoms with Crippen molar-refractivity contribution in [2.75, 3.05) is 0 Å². The van der Waals surface area contributed by atoms with Crippen molar-refractivity contribution in [1.29, 1.82) is 0 Å². The second-order valence-electron chi connectivity index (χ2n) is 6.00. The highest BCUT2D eigenvalue weighted by Crippen LogP contribution is 2.44. The normalized spacial score (nSPS) is 20.0. The summed E-state index contributed by atoms with van der Waals surface area (Å²) in [4.78, 5) is 12.3. The second kappa shape index (κ2) is 4.44. The molecule has 22 heavy (non-hydrogen) atoms. The van der Waals surface area contributed by atoms with Crippen LogP contribution in [-0.2, 0) is 10.3 Å².